The third kappa shape index (κ3) is 5.38. The van der Waals surface area contributed by atoms with E-state index in [9.17, 15) is 0 Å². The van der Waals surface area contributed by atoms with Gasteiger partial charge in [-0.1, -0.05) is 19.3 Å². The molecule has 1 aliphatic carbocycles. The van der Waals surface area contributed by atoms with Crippen LogP contribution < -0.4 is 22.1 Å². The van der Waals surface area contributed by atoms with E-state index in [1.165, 1.54) is 51.5 Å². The monoisotopic (exact) mass is 268 g/mol. The predicted octanol–water partition coefficient (Wildman–Crippen LogP) is 1.16. The average Bonchev–Trinajstić information content (AvgIpc) is 2.47. The van der Waals surface area contributed by atoms with E-state index in [1.54, 1.807) is 0 Å². The Labute approximate surface area is 118 Å². The van der Waals surface area contributed by atoms with Crippen molar-refractivity contribution in [2.45, 2.75) is 63.6 Å². The number of hydrogen-bond acceptors (Lipinski definition) is 4. The standard InChI is InChI=1S/C15H32N4/c16-14(13-6-2-1-3-7-13)9-15(17)19-11-12-5-4-8-18-10-12/h12-15,18-19H,1-11,16-17H2. The molecule has 3 unspecified atom stereocenters. The van der Waals surface area contributed by atoms with Crippen molar-refractivity contribution in [2.24, 2.45) is 23.3 Å². The minimum absolute atomic E-state index is 0.0684. The van der Waals surface area contributed by atoms with Crippen LogP contribution >= 0.6 is 0 Å². The maximum absolute atomic E-state index is 6.33. The molecule has 0 amide bonds. The van der Waals surface area contributed by atoms with E-state index >= 15 is 0 Å². The highest BCUT2D eigenvalue weighted by atomic mass is 15.0. The molecule has 1 aliphatic heterocycles. The van der Waals surface area contributed by atoms with Gasteiger partial charge in [0, 0.05) is 12.6 Å². The molecule has 3 atom stereocenters. The summed E-state index contributed by atoms with van der Waals surface area (Å²) >= 11 is 0. The van der Waals surface area contributed by atoms with E-state index in [0.717, 1.165) is 25.4 Å². The first-order valence-corrected chi connectivity index (χ1v) is 8.21. The minimum Gasteiger partial charge on any atom is -0.327 e. The van der Waals surface area contributed by atoms with Gasteiger partial charge in [0.15, 0.2) is 0 Å². The van der Waals surface area contributed by atoms with E-state index in [4.69, 9.17) is 11.5 Å². The molecule has 112 valence electrons. The van der Waals surface area contributed by atoms with Gasteiger partial charge in [-0.15, -0.1) is 0 Å². The Morgan fingerprint density at radius 1 is 1.05 bits per heavy atom. The molecule has 2 fully saturated rings. The molecule has 4 nitrogen and oxygen atoms in total. The van der Waals surface area contributed by atoms with Crippen molar-refractivity contribution in [2.75, 3.05) is 19.6 Å². The molecule has 0 radical (unpaired) electrons. The Morgan fingerprint density at radius 3 is 2.53 bits per heavy atom. The fraction of sp³-hybridized carbons (Fsp3) is 1.00. The van der Waals surface area contributed by atoms with Crippen LogP contribution in [0.3, 0.4) is 0 Å². The molecule has 4 heteroatoms. The molecule has 1 heterocycles. The zero-order chi connectivity index (χ0) is 13.5. The fourth-order valence-electron chi connectivity index (χ4n) is 3.55. The lowest BCUT2D eigenvalue weighted by molar-refractivity contribution is 0.268. The van der Waals surface area contributed by atoms with Gasteiger partial charge in [-0.25, -0.2) is 0 Å². The maximum atomic E-state index is 6.33. The highest BCUT2D eigenvalue weighted by Gasteiger charge is 2.22. The molecule has 6 N–H and O–H groups in total. The van der Waals surface area contributed by atoms with Crippen LogP contribution in [-0.2, 0) is 0 Å². The number of nitrogens with two attached hydrogens (primary N) is 2. The van der Waals surface area contributed by atoms with Crippen molar-refractivity contribution in [3.63, 3.8) is 0 Å². The van der Waals surface area contributed by atoms with Gasteiger partial charge in [-0.3, -0.25) is 0 Å². The molecule has 2 rings (SSSR count). The minimum atomic E-state index is 0.0684. The van der Waals surface area contributed by atoms with Gasteiger partial charge in [0.25, 0.3) is 0 Å². The Balaban J connectivity index is 1.61. The second-order valence-electron chi connectivity index (χ2n) is 6.52. The molecular formula is C15H32N4. The molecule has 1 saturated carbocycles. The Morgan fingerprint density at radius 2 is 1.84 bits per heavy atom. The van der Waals surface area contributed by atoms with Gasteiger partial charge in [-0.05, 0) is 57.0 Å². The average molecular weight is 268 g/mol. The van der Waals surface area contributed by atoms with E-state index in [0.29, 0.717) is 5.92 Å². The van der Waals surface area contributed by atoms with Crippen LogP contribution in [-0.4, -0.2) is 31.8 Å². The number of rotatable bonds is 6. The highest BCUT2D eigenvalue weighted by Crippen LogP contribution is 2.26. The highest BCUT2D eigenvalue weighted by molar-refractivity contribution is 4.80. The van der Waals surface area contributed by atoms with Crippen LogP contribution in [0.1, 0.15) is 51.4 Å². The third-order valence-electron chi connectivity index (χ3n) is 4.85. The summed E-state index contributed by atoms with van der Waals surface area (Å²) in [4.78, 5) is 0. The Kier molecular flexibility index (Phi) is 6.57. The van der Waals surface area contributed by atoms with Crippen molar-refractivity contribution >= 4 is 0 Å². The lowest BCUT2D eigenvalue weighted by atomic mass is 9.82. The Bertz CT molecular complexity index is 234. The first-order chi connectivity index (χ1) is 9.25. The summed E-state index contributed by atoms with van der Waals surface area (Å²) in [5, 5.41) is 6.93. The largest absolute Gasteiger partial charge is 0.327 e. The van der Waals surface area contributed by atoms with Crippen LogP contribution in [0.2, 0.25) is 0 Å². The van der Waals surface area contributed by atoms with Crippen LogP contribution in [0, 0.1) is 11.8 Å². The molecule has 0 aromatic rings. The van der Waals surface area contributed by atoms with E-state index < -0.39 is 0 Å². The summed E-state index contributed by atoms with van der Waals surface area (Å²) in [6.07, 6.45) is 10.3. The topological polar surface area (TPSA) is 76.1 Å². The second kappa shape index (κ2) is 8.20. The zero-order valence-corrected chi connectivity index (χ0v) is 12.2. The van der Waals surface area contributed by atoms with Crippen molar-refractivity contribution in [1.82, 2.24) is 10.6 Å². The number of nitrogens with one attached hydrogen (secondary N) is 2. The molecule has 2 aliphatic rings. The van der Waals surface area contributed by atoms with Gasteiger partial charge in [0.05, 0.1) is 6.17 Å². The number of hydrogen-bond donors (Lipinski definition) is 4. The van der Waals surface area contributed by atoms with E-state index in [1.807, 2.05) is 0 Å². The maximum Gasteiger partial charge on any atom is 0.0561 e. The molecule has 0 bridgehead atoms. The van der Waals surface area contributed by atoms with E-state index in [2.05, 4.69) is 10.6 Å². The third-order valence-corrected chi connectivity index (χ3v) is 4.85. The number of piperidine rings is 1. The second-order valence-corrected chi connectivity index (χ2v) is 6.52. The first-order valence-electron chi connectivity index (χ1n) is 8.21. The zero-order valence-electron chi connectivity index (χ0n) is 12.2. The molecule has 1 saturated heterocycles. The fourth-order valence-corrected chi connectivity index (χ4v) is 3.55. The molecule has 0 spiro atoms. The molecule has 0 aromatic carbocycles. The van der Waals surface area contributed by atoms with Crippen molar-refractivity contribution < 1.29 is 0 Å². The summed E-state index contributed by atoms with van der Waals surface area (Å²) in [5.41, 5.74) is 12.5. The summed E-state index contributed by atoms with van der Waals surface area (Å²) < 4.78 is 0. The lowest BCUT2D eigenvalue weighted by Crippen LogP contribution is -2.47. The lowest BCUT2D eigenvalue weighted by Gasteiger charge is -2.30. The van der Waals surface area contributed by atoms with Crippen LogP contribution in [0.5, 0.6) is 0 Å². The summed E-state index contributed by atoms with van der Waals surface area (Å²) in [7, 11) is 0. The first kappa shape index (κ1) is 15.2. The van der Waals surface area contributed by atoms with Crippen molar-refractivity contribution in [3.05, 3.63) is 0 Å². The van der Waals surface area contributed by atoms with Crippen LogP contribution in [0.25, 0.3) is 0 Å². The molecule has 19 heavy (non-hydrogen) atoms. The van der Waals surface area contributed by atoms with Gasteiger partial charge >= 0.3 is 0 Å². The summed E-state index contributed by atoms with van der Waals surface area (Å²) in [6.45, 7) is 3.34. The van der Waals surface area contributed by atoms with Gasteiger partial charge in [-0.2, -0.15) is 0 Å². The van der Waals surface area contributed by atoms with Crippen molar-refractivity contribution in [1.29, 1.82) is 0 Å². The summed E-state index contributed by atoms with van der Waals surface area (Å²) in [6, 6.07) is 0.285. The summed E-state index contributed by atoms with van der Waals surface area (Å²) in [5.74, 6) is 1.45. The quantitative estimate of drug-likeness (QED) is 0.545. The predicted molar refractivity (Wildman–Crippen MR) is 80.7 cm³/mol. The van der Waals surface area contributed by atoms with Crippen molar-refractivity contribution in [3.8, 4) is 0 Å². The smallest absolute Gasteiger partial charge is 0.0561 e. The van der Waals surface area contributed by atoms with E-state index in [-0.39, 0.29) is 12.2 Å². The van der Waals surface area contributed by atoms with Gasteiger partial charge in [0.2, 0.25) is 0 Å². The van der Waals surface area contributed by atoms with Crippen LogP contribution in [0.4, 0.5) is 0 Å². The molecule has 0 aromatic heterocycles. The van der Waals surface area contributed by atoms with Gasteiger partial charge < -0.3 is 22.1 Å². The SMILES string of the molecule is NC(CC(N)C1CCCCC1)NCC1CCCNC1. The molecular weight excluding hydrogens is 236 g/mol. The van der Waals surface area contributed by atoms with Gasteiger partial charge in [0.1, 0.15) is 0 Å². The normalized spacial score (nSPS) is 29.1. The van der Waals surface area contributed by atoms with Crippen LogP contribution in [0.15, 0.2) is 0 Å². The Hall–Kier alpha value is -0.160.